The number of nitrogens with zero attached hydrogens (tertiary/aromatic N) is 1. The molecule has 6 unspecified atom stereocenters. The van der Waals surface area contributed by atoms with Crippen LogP contribution < -0.4 is 0 Å². The lowest BCUT2D eigenvalue weighted by Gasteiger charge is -2.33. The molecule has 2 bridgehead atoms. The van der Waals surface area contributed by atoms with Gasteiger partial charge in [0.1, 0.15) is 6.04 Å². The van der Waals surface area contributed by atoms with Crippen LogP contribution in [0.15, 0.2) is 0 Å². The molecule has 0 aromatic heterocycles. The summed E-state index contributed by atoms with van der Waals surface area (Å²) in [6.45, 7) is 5.38. The molecule has 1 N–H and O–H groups in total. The summed E-state index contributed by atoms with van der Waals surface area (Å²) in [5.74, 6) is 1.71. The van der Waals surface area contributed by atoms with Gasteiger partial charge in [-0.2, -0.15) is 0 Å². The molecule has 4 heteroatoms. The third kappa shape index (κ3) is 2.00. The number of hydrogen-bond acceptors (Lipinski definition) is 4. The molecular formula is C15H25NO3. The zero-order chi connectivity index (χ0) is 13.6. The number of hydrogen-bond donors (Lipinski definition) is 1. The summed E-state index contributed by atoms with van der Waals surface area (Å²) in [6.07, 6.45) is 3.90. The third-order valence-electron chi connectivity index (χ3n) is 5.41. The molecule has 0 amide bonds. The molecule has 1 aliphatic heterocycles. The summed E-state index contributed by atoms with van der Waals surface area (Å²) >= 11 is 0. The van der Waals surface area contributed by atoms with Crippen molar-refractivity contribution in [1.82, 2.24) is 4.90 Å². The van der Waals surface area contributed by atoms with Gasteiger partial charge in [-0.15, -0.1) is 0 Å². The predicted octanol–water partition coefficient (Wildman–Crippen LogP) is 1.42. The van der Waals surface area contributed by atoms with Crippen LogP contribution in [-0.2, 0) is 9.53 Å². The van der Waals surface area contributed by atoms with Crippen molar-refractivity contribution in [1.29, 1.82) is 0 Å². The SMILES string of the molecule is CCCC(C(=O)OCC)N1CC2CC3CC2C1C3O. The lowest BCUT2D eigenvalue weighted by molar-refractivity contribution is -0.151. The highest BCUT2D eigenvalue weighted by atomic mass is 16.5. The Morgan fingerprint density at radius 1 is 1.37 bits per heavy atom. The maximum absolute atomic E-state index is 12.2. The fraction of sp³-hybridized carbons (Fsp3) is 0.933. The average molecular weight is 267 g/mol. The topological polar surface area (TPSA) is 49.8 Å². The number of aliphatic hydroxyl groups excluding tert-OH is 1. The first-order valence-corrected chi connectivity index (χ1v) is 7.77. The van der Waals surface area contributed by atoms with Crippen molar-refractivity contribution in [2.24, 2.45) is 17.8 Å². The highest BCUT2D eigenvalue weighted by Gasteiger charge is 2.60. The van der Waals surface area contributed by atoms with Gasteiger partial charge in [-0.05, 0) is 43.9 Å². The number of carbonyl (C=O) groups is 1. The molecule has 0 radical (unpaired) electrons. The Morgan fingerprint density at radius 3 is 2.79 bits per heavy atom. The molecule has 3 aliphatic rings. The Balaban J connectivity index is 1.78. The predicted molar refractivity (Wildman–Crippen MR) is 71.5 cm³/mol. The van der Waals surface area contributed by atoms with Crippen molar-refractivity contribution >= 4 is 5.97 Å². The van der Waals surface area contributed by atoms with Gasteiger partial charge < -0.3 is 9.84 Å². The Hall–Kier alpha value is -0.610. The molecule has 0 aromatic carbocycles. The maximum Gasteiger partial charge on any atom is 0.323 e. The summed E-state index contributed by atoms with van der Waals surface area (Å²) in [5.41, 5.74) is 0. The lowest BCUT2D eigenvalue weighted by Crippen LogP contribution is -2.49. The number of fused-ring (bicyclic) bond motifs is 1. The van der Waals surface area contributed by atoms with Gasteiger partial charge in [0.2, 0.25) is 0 Å². The van der Waals surface area contributed by atoms with Gasteiger partial charge in [0.05, 0.1) is 12.7 Å². The first kappa shape index (κ1) is 13.4. The van der Waals surface area contributed by atoms with Gasteiger partial charge in [0.15, 0.2) is 0 Å². The Morgan fingerprint density at radius 2 is 2.16 bits per heavy atom. The van der Waals surface area contributed by atoms with E-state index in [1.54, 1.807) is 0 Å². The second-order valence-electron chi connectivity index (χ2n) is 6.39. The molecule has 6 atom stereocenters. The average Bonchev–Trinajstić information content (AvgIpc) is 2.97. The molecule has 0 spiro atoms. The van der Waals surface area contributed by atoms with Crippen LogP contribution in [0.5, 0.6) is 0 Å². The van der Waals surface area contributed by atoms with Gasteiger partial charge in [-0.1, -0.05) is 13.3 Å². The zero-order valence-corrected chi connectivity index (χ0v) is 11.9. The lowest BCUT2D eigenvalue weighted by atomic mass is 9.88. The monoisotopic (exact) mass is 267 g/mol. The van der Waals surface area contributed by atoms with Crippen LogP contribution >= 0.6 is 0 Å². The molecule has 108 valence electrons. The molecule has 2 aliphatic carbocycles. The van der Waals surface area contributed by atoms with Crippen molar-refractivity contribution < 1.29 is 14.6 Å². The standard InChI is InChI=1S/C15H25NO3/c1-3-5-12(15(18)19-4-2)16-8-10-6-9-7-11(10)13(16)14(9)17/h9-14,17H,3-8H2,1-2H3. The van der Waals surface area contributed by atoms with Crippen molar-refractivity contribution in [3.63, 3.8) is 0 Å². The molecular weight excluding hydrogens is 242 g/mol. The summed E-state index contributed by atoms with van der Waals surface area (Å²) in [5, 5.41) is 10.4. The fourth-order valence-electron chi connectivity index (χ4n) is 4.74. The number of ether oxygens (including phenoxy) is 1. The van der Waals surface area contributed by atoms with Gasteiger partial charge in [-0.25, -0.2) is 0 Å². The number of rotatable bonds is 5. The molecule has 1 heterocycles. The largest absolute Gasteiger partial charge is 0.465 e. The molecule has 19 heavy (non-hydrogen) atoms. The van der Waals surface area contributed by atoms with E-state index in [1.807, 2.05) is 6.92 Å². The van der Waals surface area contributed by atoms with Crippen molar-refractivity contribution in [2.75, 3.05) is 13.2 Å². The van der Waals surface area contributed by atoms with E-state index in [2.05, 4.69) is 11.8 Å². The zero-order valence-electron chi connectivity index (χ0n) is 11.9. The van der Waals surface area contributed by atoms with E-state index in [4.69, 9.17) is 4.74 Å². The van der Waals surface area contributed by atoms with Gasteiger partial charge in [0.25, 0.3) is 0 Å². The van der Waals surface area contributed by atoms with E-state index < -0.39 is 0 Å². The first-order valence-electron chi connectivity index (χ1n) is 7.77. The highest BCUT2D eigenvalue weighted by Crippen LogP contribution is 2.55. The smallest absolute Gasteiger partial charge is 0.323 e. The van der Waals surface area contributed by atoms with E-state index in [1.165, 1.54) is 0 Å². The van der Waals surface area contributed by atoms with Gasteiger partial charge in [0, 0.05) is 12.6 Å². The summed E-state index contributed by atoms with van der Waals surface area (Å²) < 4.78 is 5.24. The molecule has 3 rings (SSSR count). The van der Waals surface area contributed by atoms with Crippen LogP contribution in [0.1, 0.15) is 39.5 Å². The fourth-order valence-corrected chi connectivity index (χ4v) is 4.74. The number of carbonyl (C=O) groups excluding carboxylic acids is 1. The number of likely N-dealkylation sites (tertiary alicyclic amines) is 1. The maximum atomic E-state index is 12.2. The van der Waals surface area contributed by atoms with Crippen molar-refractivity contribution in [3.05, 3.63) is 0 Å². The van der Waals surface area contributed by atoms with Crippen LogP contribution in [0.25, 0.3) is 0 Å². The number of esters is 1. The Bertz CT molecular complexity index is 357. The second-order valence-corrected chi connectivity index (χ2v) is 6.39. The van der Waals surface area contributed by atoms with E-state index in [0.29, 0.717) is 24.4 Å². The van der Waals surface area contributed by atoms with Crippen molar-refractivity contribution in [2.45, 2.75) is 57.7 Å². The quantitative estimate of drug-likeness (QED) is 0.765. The van der Waals surface area contributed by atoms with Gasteiger partial charge >= 0.3 is 5.97 Å². The molecule has 1 saturated heterocycles. The van der Waals surface area contributed by atoms with Crippen LogP contribution in [0.2, 0.25) is 0 Å². The molecule has 2 saturated carbocycles. The van der Waals surface area contributed by atoms with E-state index in [9.17, 15) is 9.90 Å². The molecule has 0 aromatic rings. The minimum absolute atomic E-state index is 0.0960. The van der Waals surface area contributed by atoms with Crippen molar-refractivity contribution in [3.8, 4) is 0 Å². The van der Waals surface area contributed by atoms with E-state index in [0.717, 1.165) is 32.2 Å². The second kappa shape index (κ2) is 5.06. The third-order valence-corrected chi connectivity index (χ3v) is 5.41. The first-order chi connectivity index (χ1) is 9.17. The van der Waals surface area contributed by atoms with Crippen LogP contribution in [0, 0.1) is 17.8 Å². The molecule has 4 nitrogen and oxygen atoms in total. The highest BCUT2D eigenvalue weighted by molar-refractivity contribution is 5.76. The minimum atomic E-state index is -0.225. The summed E-state index contributed by atoms with van der Waals surface area (Å²) in [7, 11) is 0. The normalized spacial score (nSPS) is 41.7. The van der Waals surface area contributed by atoms with E-state index in [-0.39, 0.29) is 24.2 Å². The Labute approximate surface area is 115 Å². The number of aliphatic hydroxyl groups is 1. The summed E-state index contributed by atoms with van der Waals surface area (Å²) in [6, 6.07) is 0.0682. The van der Waals surface area contributed by atoms with E-state index >= 15 is 0 Å². The minimum Gasteiger partial charge on any atom is -0.465 e. The van der Waals surface area contributed by atoms with Crippen LogP contribution in [0.3, 0.4) is 0 Å². The van der Waals surface area contributed by atoms with Crippen LogP contribution in [0.4, 0.5) is 0 Å². The Kier molecular flexibility index (Phi) is 3.56. The molecule has 3 fully saturated rings. The summed E-state index contributed by atoms with van der Waals surface area (Å²) in [4.78, 5) is 14.5. The van der Waals surface area contributed by atoms with Gasteiger partial charge in [-0.3, -0.25) is 9.69 Å². The van der Waals surface area contributed by atoms with Crippen LogP contribution in [-0.4, -0.2) is 47.3 Å².